The molecule has 0 heterocycles. The van der Waals surface area contributed by atoms with Crippen molar-refractivity contribution in [3.8, 4) is 0 Å². The van der Waals surface area contributed by atoms with Crippen LogP contribution in [0.15, 0.2) is 0 Å². The Morgan fingerprint density at radius 1 is 0.435 bits per heavy atom. The number of phosphoric acid groups is 1. The van der Waals surface area contributed by atoms with Crippen molar-refractivity contribution in [2.24, 2.45) is 0 Å². The lowest BCUT2D eigenvalue weighted by atomic mass is 10.0. The van der Waals surface area contributed by atoms with Gasteiger partial charge in [-0.1, -0.05) is 309 Å². The second-order valence-corrected chi connectivity index (χ2v) is 24.3. The van der Waals surface area contributed by atoms with Crippen molar-refractivity contribution >= 4 is 13.7 Å². The molecule has 0 saturated heterocycles. The first-order chi connectivity index (χ1) is 33.5. The Balaban J connectivity index is 3.91. The number of phosphoric ester groups is 1. The molecule has 0 bridgehead atoms. The number of rotatable bonds is 58. The molecule has 0 aromatic rings. The van der Waals surface area contributed by atoms with Gasteiger partial charge in [0, 0.05) is 6.42 Å². The third kappa shape index (κ3) is 55.1. The molecule has 0 aliphatic heterocycles. The van der Waals surface area contributed by atoms with E-state index < -0.39 is 20.0 Å². The van der Waals surface area contributed by atoms with E-state index in [0.717, 1.165) is 38.5 Å². The maximum Gasteiger partial charge on any atom is 0.472 e. The van der Waals surface area contributed by atoms with Gasteiger partial charge in [0.05, 0.1) is 39.9 Å². The third-order valence-corrected chi connectivity index (χ3v) is 15.6. The molecule has 9 heteroatoms. The molecule has 0 radical (unpaired) electrons. The van der Waals surface area contributed by atoms with Gasteiger partial charge in [-0.05, 0) is 12.8 Å². The minimum Gasteiger partial charge on any atom is -0.391 e. The zero-order chi connectivity index (χ0) is 50.6. The number of nitrogens with zero attached hydrogens (tertiary/aromatic N) is 1. The molecular formula is C60H124N2O6P+. The Hall–Kier alpha value is -0.500. The molecule has 3 unspecified atom stereocenters. The summed E-state index contributed by atoms with van der Waals surface area (Å²) in [5, 5.41) is 14.1. The summed E-state index contributed by atoms with van der Waals surface area (Å²) in [6.45, 7) is 4.94. The molecule has 0 saturated carbocycles. The monoisotopic (exact) mass is 1000 g/mol. The van der Waals surface area contributed by atoms with E-state index in [-0.39, 0.29) is 19.1 Å². The van der Waals surface area contributed by atoms with Crippen LogP contribution in [0, 0.1) is 0 Å². The summed E-state index contributed by atoms with van der Waals surface area (Å²) in [5.41, 5.74) is 0. The predicted molar refractivity (Wildman–Crippen MR) is 300 cm³/mol. The number of carbonyl (C=O) groups is 1. The summed E-state index contributed by atoms with van der Waals surface area (Å²) in [5.74, 6) is -0.136. The molecule has 3 atom stereocenters. The van der Waals surface area contributed by atoms with Gasteiger partial charge in [-0.15, -0.1) is 0 Å². The van der Waals surface area contributed by atoms with Crippen molar-refractivity contribution in [3.05, 3.63) is 0 Å². The van der Waals surface area contributed by atoms with Gasteiger partial charge in [0.15, 0.2) is 0 Å². The fourth-order valence-corrected chi connectivity index (χ4v) is 10.5. The second kappa shape index (κ2) is 52.4. The molecule has 8 nitrogen and oxygen atoms in total. The third-order valence-electron chi connectivity index (χ3n) is 14.6. The number of aliphatic hydroxyl groups is 1. The lowest BCUT2D eigenvalue weighted by molar-refractivity contribution is -0.870. The molecule has 0 spiro atoms. The van der Waals surface area contributed by atoms with Crippen LogP contribution in [0.2, 0.25) is 0 Å². The number of carbonyl (C=O) groups excluding carboxylic acids is 1. The largest absolute Gasteiger partial charge is 0.472 e. The van der Waals surface area contributed by atoms with Crippen LogP contribution in [0.1, 0.15) is 328 Å². The molecule has 0 fully saturated rings. The Kier molecular flexibility index (Phi) is 52.0. The van der Waals surface area contributed by atoms with E-state index >= 15 is 0 Å². The van der Waals surface area contributed by atoms with Crippen LogP contribution in [0.3, 0.4) is 0 Å². The average Bonchev–Trinajstić information content (AvgIpc) is 3.31. The van der Waals surface area contributed by atoms with Crippen molar-refractivity contribution in [2.45, 2.75) is 341 Å². The summed E-state index contributed by atoms with van der Waals surface area (Å²) in [6, 6.07) is -0.754. The molecule has 0 aromatic carbocycles. The smallest absolute Gasteiger partial charge is 0.391 e. The maximum atomic E-state index is 13.0. The van der Waals surface area contributed by atoms with E-state index in [1.54, 1.807) is 0 Å². The van der Waals surface area contributed by atoms with Crippen molar-refractivity contribution < 1.29 is 32.9 Å². The molecule has 0 rings (SSSR count). The van der Waals surface area contributed by atoms with Crippen LogP contribution in [0.4, 0.5) is 0 Å². The number of unbranched alkanes of at least 4 members (excludes halogenated alkanes) is 45. The van der Waals surface area contributed by atoms with Gasteiger partial charge < -0.3 is 19.8 Å². The van der Waals surface area contributed by atoms with Crippen LogP contribution in [-0.4, -0.2) is 73.4 Å². The molecule has 0 aliphatic carbocycles. The molecule has 3 N–H and O–H groups in total. The highest BCUT2D eigenvalue weighted by Crippen LogP contribution is 2.43. The Labute approximate surface area is 431 Å². The van der Waals surface area contributed by atoms with Crippen molar-refractivity contribution in [1.29, 1.82) is 0 Å². The topological polar surface area (TPSA) is 105 Å². The van der Waals surface area contributed by atoms with Crippen molar-refractivity contribution in [3.63, 3.8) is 0 Å². The molecule has 414 valence electrons. The number of nitrogens with one attached hydrogen (secondary N) is 1. The minimum atomic E-state index is -4.32. The number of quaternary nitrogens is 1. The summed E-state index contributed by atoms with van der Waals surface area (Å²) in [7, 11) is 1.64. The number of hydrogen-bond acceptors (Lipinski definition) is 5. The Morgan fingerprint density at radius 2 is 0.696 bits per heavy atom. The summed E-state index contributed by atoms with van der Waals surface area (Å²) < 4.78 is 23.8. The molecule has 0 aliphatic rings. The molecule has 1 amide bonds. The normalized spacial score (nSPS) is 13.8. The van der Waals surface area contributed by atoms with Crippen LogP contribution >= 0.6 is 7.82 Å². The van der Waals surface area contributed by atoms with Gasteiger partial charge in [0.2, 0.25) is 5.91 Å². The second-order valence-electron chi connectivity index (χ2n) is 22.8. The van der Waals surface area contributed by atoms with E-state index in [1.165, 1.54) is 263 Å². The summed E-state index contributed by atoms with van der Waals surface area (Å²) >= 11 is 0. The van der Waals surface area contributed by atoms with Crippen LogP contribution in [-0.2, 0) is 18.4 Å². The highest BCUT2D eigenvalue weighted by Gasteiger charge is 2.28. The average molecular weight is 1000 g/mol. The van der Waals surface area contributed by atoms with Gasteiger partial charge in [-0.25, -0.2) is 4.57 Å². The number of amides is 1. The van der Waals surface area contributed by atoms with Gasteiger partial charge in [0.25, 0.3) is 0 Å². The van der Waals surface area contributed by atoms with E-state index in [9.17, 15) is 19.4 Å². The van der Waals surface area contributed by atoms with Gasteiger partial charge >= 0.3 is 7.82 Å². The number of likely N-dealkylation sites (N-methyl/N-ethyl adjacent to an activating group) is 1. The zero-order valence-corrected chi connectivity index (χ0v) is 48.2. The molecule has 69 heavy (non-hydrogen) atoms. The number of hydrogen-bond donors (Lipinski definition) is 3. The van der Waals surface area contributed by atoms with Gasteiger partial charge in [0.1, 0.15) is 13.2 Å². The van der Waals surface area contributed by atoms with E-state index in [4.69, 9.17) is 9.05 Å². The highest BCUT2D eigenvalue weighted by atomic mass is 31.2. The predicted octanol–water partition coefficient (Wildman–Crippen LogP) is 18.8. The van der Waals surface area contributed by atoms with Crippen molar-refractivity contribution in [1.82, 2.24) is 5.32 Å². The van der Waals surface area contributed by atoms with Crippen LogP contribution in [0.5, 0.6) is 0 Å². The molecular weight excluding hydrogens is 876 g/mol. The number of aliphatic hydroxyl groups excluding tert-OH is 1. The van der Waals surface area contributed by atoms with Crippen LogP contribution in [0.25, 0.3) is 0 Å². The fourth-order valence-electron chi connectivity index (χ4n) is 9.76. The SMILES string of the molecule is CCCCCCCCCCCCCCCCCCCCCCCCCCCCCCCCCCCC(=O)NC(COP(=O)(O)OCC[N+](C)(C)C)C(O)CCCCCCCCCCCCCCCC. The van der Waals surface area contributed by atoms with Crippen molar-refractivity contribution in [2.75, 3.05) is 40.9 Å². The first-order valence-corrected chi connectivity index (χ1v) is 32.4. The summed E-state index contributed by atoms with van der Waals surface area (Å²) in [4.78, 5) is 23.3. The minimum absolute atomic E-state index is 0.0790. The van der Waals surface area contributed by atoms with E-state index in [2.05, 4.69) is 19.2 Å². The zero-order valence-electron chi connectivity index (χ0n) is 47.3. The summed E-state index contributed by atoms with van der Waals surface area (Å²) in [6.07, 6.45) is 63.3. The van der Waals surface area contributed by atoms with Crippen LogP contribution < -0.4 is 5.32 Å². The lowest BCUT2D eigenvalue weighted by Crippen LogP contribution is -2.46. The van der Waals surface area contributed by atoms with Gasteiger partial charge in [-0.2, -0.15) is 0 Å². The fraction of sp³-hybridized carbons (Fsp3) is 0.983. The Bertz CT molecular complexity index is 1090. The van der Waals surface area contributed by atoms with E-state index in [0.29, 0.717) is 23.9 Å². The highest BCUT2D eigenvalue weighted by molar-refractivity contribution is 7.47. The standard InChI is InChI=1S/C60H123N2O6P/c1-6-8-10-12-14-16-18-20-22-23-24-25-26-27-28-29-30-31-32-33-34-35-36-37-38-39-40-42-44-46-48-50-52-54-60(64)61-58(57-68-69(65,66)67-56-55-62(3,4)5)59(63)53-51-49-47-45-43-41-21-19-17-15-13-11-9-7-2/h58-59,63H,6-57H2,1-5H3,(H-,61,64,65,66)/p+1. The Morgan fingerprint density at radius 3 is 0.971 bits per heavy atom. The van der Waals surface area contributed by atoms with Gasteiger partial charge in [-0.3, -0.25) is 13.8 Å². The van der Waals surface area contributed by atoms with E-state index in [1.807, 2.05) is 21.1 Å². The quantitative estimate of drug-likeness (QED) is 0.0318. The maximum absolute atomic E-state index is 13.0. The first-order valence-electron chi connectivity index (χ1n) is 30.9. The molecule has 0 aromatic heterocycles. The first kappa shape index (κ1) is 68.5. The lowest BCUT2D eigenvalue weighted by Gasteiger charge is -2.26.